The summed E-state index contributed by atoms with van der Waals surface area (Å²) in [7, 11) is 0. The van der Waals surface area contributed by atoms with Crippen LogP contribution in [0.15, 0.2) is 24.3 Å². The molecule has 2 rings (SSSR count). The summed E-state index contributed by atoms with van der Waals surface area (Å²) in [6.45, 7) is 4.76. The lowest BCUT2D eigenvalue weighted by molar-refractivity contribution is 0.243. The van der Waals surface area contributed by atoms with Crippen LogP contribution < -0.4 is 10.2 Å². The van der Waals surface area contributed by atoms with Gasteiger partial charge in [-0.1, -0.05) is 30.5 Å². The number of carbonyl (C=O) groups excluding carboxylic acids is 1. The van der Waals surface area contributed by atoms with Crippen molar-refractivity contribution in [3.63, 3.8) is 0 Å². The van der Waals surface area contributed by atoms with Crippen molar-refractivity contribution < 1.29 is 4.79 Å². The van der Waals surface area contributed by atoms with E-state index in [1.165, 1.54) is 18.4 Å². The van der Waals surface area contributed by atoms with E-state index in [4.69, 9.17) is 0 Å². The molecule has 0 aliphatic heterocycles. The standard InChI is InChI=1S/C15H22N2O/c1-3-17(14-10-8-12(2)9-11-14)15(18)16-13-6-4-5-7-13/h8-11,13H,3-7H2,1-2H3,(H,16,18). The summed E-state index contributed by atoms with van der Waals surface area (Å²) in [5.74, 6) is 0. The van der Waals surface area contributed by atoms with Gasteiger partial charge in [-0.15, -0.1) is 0 Å². The van der Waals surface area contributed by atoms with Gasteiger partial charge in [0.1, 0.15) is 0 Å². The van der Waals surface area contributed by atoms with Crippen LogP contribution in [-0.2, 0) is 0 Å². The van der Waals surface area contributed by atoms with Gasteiger partial charge in [0.05, 0.1) is 0 Å². The number of hydrogen-bond acceptors (Lipinski definition) is 1. The molecule has 1 N–H and O–H groups in total. The summed E-state index contributed by atoms with van der Waals surface area (Å²) in [5.41, 5.74) is 2.18. The molecule has 0 atom stereocenters. The third-order valence-corrected chi connectivity index (χ3v) is 3.59. The third kappa shape index (κ3) is 3.03. The molecule has 1 aliphatic rings. The highest BCUT2D eigenvalue weighted by Crippen LogP contribution is 2.19. The van der Waals surface area contributed by atoms with Gasteiger partial charge in [-0.3, -0.25) is 4.90 Å². The number of anilines is 1. The molecule has 0 saturated heterocycles. The second kappa shape index (κ2) is 5.89. The van der Waals surface area contributed by atoms with Crippen LogP contribution in [0.3, 0.4) is 0 Å². The van der Waals surface area contributed by atoms with Gasteiger partial charge >= 0.3 is 6.03 Å². The van der Waals surface area contributed by atoms with Crippen molar-refractivity contribution in [3.8, 4) is 0 Å². The second-order valence-electron chi connectivity index (χ2n) is 5.01. The Kier molecular flexibility index (Phi) is 4.24. The summed E-state index contributed by atoms with van der Waals surface area (Å²) in [6.07, 6.45) is 4.72. The number of carbonyl (C=O) groups is 1. The van der Waals surface area contributed by atoms with E-state index in [0.717, 1.165) is 18.5 Å². The highest BCUT2D eigenvalue weighted by atomic mass is 16.2. The molecule has 0 bridgehead atoms. The second-order valence-corrected chi connectivity index (χ2v) is 5.01. The average Bonchev–Trinajstić information content (AvgIpc) is 2.85. The Morgan fingerprint density at radius 1 is 1.28 bits per heavy atom. The van der Waals surface area contributed by atoms with Gasteiger partial charge in [0, 0.05) is 18.3 Å². The van der Waals surface area contributed by atoms with E-state index in [9.17, 15) is 4.79 Å². The zero-order valence-electron chi connectivity index (χ0n) is 11.3. The van der Waals surface area contributed by atoms with Crippen molar-refractivity contribution in [2.24, 2.45) is 0 Å². The molecule has 0 heterocycles. The number of urea groups is 1. The van der Waals surface area contributed by atoms with E-state index >= 15 is 0 Å². The van der Waals surface area contributed by atoms with E-state index in [2.05, 4.69) is 12.2 Å². The maximum absolute atomic E-state index is 12.2. The van der Waals surface area contributed by atoms with Crippen molar-refractivity contribution in [2.45, 2.75) is 45.6 Å². The first-order chi connectivity index (χ1) is 8.70. The molecule has 98 valence electrons. The molecular weight excluding hydrogens is 224 g/mol. The van der Waals surface area contributed by atoms with Crippen LogP contribution in [0.4, 0.5) is 10.5 Å². The zero-order chi connectivity index (χ0) is 13.0. The van der Waals surface area contributed by atoms with Crippen LogP contribution in [0.25, 0.3) is 0 Å². The molecule has 1 fully saturated rings. The Balaban J connectivity index is 2.02. The van der Waals surface area contributed by atoms with Crippen LogP contribution in [0.1, 0.15) is 38.2 Å². The lowest BCUT2D eigenvalue weighted by Gasteiger charge is -2.24. The van der Waals surface area contributed by atoms with E-state index in [1.807, 2.05) is 31.2 Å². The van der Waals surface area contributed by atoms with Crippen LogP contribution >= 0.6 is 0 Å². The molecular formula is C15H22N2O. The van der Waals surface area contributed by atoms with Crippen molar-refractivity contribution in [2.75, 3.05) is 11.4 Å². The quantitative estimate of drug-likeness (QED) is 0.870. The van der Waals surface area contributed by atoms with Crippen LogP contribution in [-0.4, -0.2) is 18.6 Å². The monoisotopic (exact) mass is 246 g/mol. The summed E-state index contributed by atoms with van der Waals surface area (Å²) in [6, 6.07) is 8.51. The fourth-order valence-electron chi connectivity index (χ4n) is 2.49. The molecule has 1 aliphatic carbocycles. The fourth-order valence-corrected chi connectivity index (χ4v) is 2.49. The maximum Gasteiger partial charge on any atom is 0.322 e. The summed E-state index contributed by atoms with van der Waals surface area (Å²) >= 11 is 0. The number of benzene rings is 1. The van der Waals surface area contributed by atoms with Crippen LogP contribution in [0.2, 0.25) is 0 Å². The molecule has 2 amide bonds. The predicted molar refractivity (Wildman–Crippen MR) is 75.0 cm³/mol. The SMILES string of the molecule is CCN(C(=O)NC1CCCC1)c1ccc(C)cc1. The molecule has 3 heteroatoms. The highest BCUT2D eigenvalue weighted by Gasteiger charge is 2.20. The Morgan fingerprint density at radius 3 is 2.44 bits per heavy atom. The number of rotatable bonds is 3. The minimum atomic E-state index is 0.0354. The third-order valence-electron chi connectivity index (χ3n) is 3.59. The van der Waals surface area contributed by atoms with Crippen LogP contribution in [0, 0.1) is 6.92 Å². The van der Waals surface area contributed by atoms with Gasteiger partial charge < -0.3 is 5.32 Å². The summed E-state index contributed by atoms with van der Waals surface area (Å²) in [4.78, 5) is 14.0. The Bertz CT molecular complexity index is 393. The molecule has 0 aromatic heterocycles. The highest BCUT2D eigenvalue weighted by molar-refractivity contribution is 5.92. The van der Waals surface area contributed by atoms with Gasteiger partial charge in [0.25, 0.3) is 0 Å². The van der Waals surface area contributed by atoms with Gasteiger partial charge in [-0.25, -0.2) is 4.79 Å². The number of nitrogens with zero attached hydrogens (tertiary/aromatic N) is 1. The van der Waals surface area contributed by atoms with Gasteiger partial charge in [-0.05, 0) is 38.8 Å². The minimum absolute atomic E-state index is 0.0354. The number of hydrogen-bond donors (Lipinski definition) is 1. The largest absolute Gasteiger partial charge is 0.335 e. The normalized spacial score (nSPS) is 15.7. The van der Waals surface area contributed by atoms with E-state index in [-0.39, 0.29) is 6.03 Å². The first-order valence-corrected chi connectivity index (χ1v) is 6.85. The van der Waals surface area contributed by atoms with Crippen molar-refractivity contribution >= 4 is 11.7 Å². The molecule has 3 nitrogen and oxygen atoms in total. The Labute approximate surface area is 109 Å². The number of nitrogens with one attached hydrogen (secondary N) is 1. The number of amides is 2. The Morgan fingerprint density at radius 2 is 1.89 bits per heavy atom. The van der Waals surface area contributed by atoms with E-state index in [0.29, 0.717) is 12.6 Å². The van der Waals surface area contributed by atoms with Gasteiger partial charge in [0.2, 0.25) is 0 Å². The van der Waals surface area contributed by atoms with E-state index in [1.54, 1.807) is 4.90 Å². The molecule has 1 saturated carbocycles. The van der Waals surface area contributed by atoms with Gasteiger partial charge in [0.15, 0.2) is 0 Å². The lowest BCUT2D eigenvalue weighted by atomic mass is 10.2. The van der Waals surface area contributed by atoms with E-state index < -0.39 is 0 Å². The zero-order valence-corrected chi connectivity index (χ0v) is 11.3. The predicted octanol–water partition coefficient (Wildman–Crippen LogP) is 3.47. The fraction of sp³-hybridized carbons (Fsp3) is 0.533. The smallest absolute Gasteiger partial charge is 0.322 e. The summed E-state index contributed by atoms with van der Waals surface area (Å²) < 4.78 is 0. The first-order valence-electron chi connectivity index (χ1n) is 6.85. The molecule has 0 radical (unpaired) electrons. The molecule has 0 spiro atoms. The molecule has 1 aromatic carbocycles. The van der Waals surface area contributed by atoms with Crippen molar-refractivity contribution in [3.05, 3.63) is 29.8 Å². The maximum atomic E-state index is 12.2. The number of aryl methyl sites for hydroxylation is 1. The van der Waals surface area contributed by atoms with Crippen molar-refractivity contribution in [1.82, 2.24) is 5.32 Å². The molecule has 18 heavy (non-hydrogen) atoms. The summed E-state index contributed by atoms with van der Waals surface area (Å²) in [5, 5.41) is 3.13. The molecule has 0 unspecified atom stereocenters. The van der Waals surface area contributed by atoms with Crippen molar-refractivity contribution in [1.29, 1.82) is 0 Å². The molecule has 1 aromatic rings. The first kappa shape index (κ1) is 12.9. The lowest BCUT2D eigenvalue weighted by Crippen LogP contribution is -2.44. The van der Waals surface area contributed by atoms with Gasteiger partial charge in [-0.2, -0.15) is 0 Å². The minimum Gasteiger partial charge on any atom is -0.335 e. The van der Waals surface area contributed by atoms with Crippen LogP contribution in [0.5, 0.6) is 0 Å². The average molecular weight is 246 g/mol. The topological polar surface area (TPSA) is 32.3 Å². The Hall–Kier alpha value is -1.51.